The number of phosphoric acid groups is 1. The zero-order valence-corrected chi connectivity index (χ0v) is 29.1. The fourth-order valence-corrected chi connectivity index (χ4v) is 5.87. The molecule has 7 heteroatoms. The van der Waals surface area contributed by atoms with Crippen molar-refractivity contribution >= 4 is 7.82 Å². The molecule has 2 N–H and O–H groups in total. The van der Waals surface area contributed by atoms with Gasteiger partial charge < -0.3 is 19.3 Å². The van der Waals surface area contributed by atoms with Crippen molar-refractivity contribution < 1.29 is 28.3 Å². The first-order valence-corrected chi connectivity index (χ1v) is 19.9. The van der Waals surface area contributed by atoms with E-state index < -0.39 is 7.82 Å². The summed E-state index contributed by atoms with van der Waals surface area (Å²) in [7, 11) is -4.48. The number of rotatable bonds is 36. The number of unbranched alkanes of at least 4 members (excludes halogenated alkanes) is 25. The van der Waals surface area contributed by atoms with E-state index >= 15 is 0 Å². The van der Waals surface area contributed by atoms with Gasteiger partial charge in [0.15, 0.2) is 0 Å². The molecular weight excluding hydrogens is 547 g/mol. The summed E-state index contributed by atoms with van der Waals surface area (Å²) in [6.07, 6.45) is 35.8. The highest BCUT2D eigenvalue weighted by molar-refractivity contribution is 7.46. The SMILES string of the molecule is CCCCCCCCCCCCCCCCOC[C@@H](COCCCCCCCCCCCCCCC)COP(=O)(O)O. The lowest BCUT2D eigenvalue weighted by Crippen LogP contribution is -2.22. The van der Waals surface area contributed by atoms with Crippen molar-refractivity contribution in [1.29, 1.82) is 0 Å². The van der Waals surface area contributed by atoms with E-state index in [2.05, 4.69) is 13.8 Å². The molecule has 0 bridgehead atoms. The minimum atomic E-state index is -4.48. The molecule has 0 aliphatic heterocycles. The van der Waals surface area contributed by atoms with E-state index in [0.717, 1.165) is 12.8 Å². The Hall–Kier alpha value is 0.0300. The molecule has 254 valence electrons. The van der Waals surface area contributed by atoms with Crippen LogP contribution in [0.3, 0.4) is 0 Å². The average molecular weight is 621 g/mol. The first-order valence-electron chi connectivity index (χ1n) is 18.3. The summed E-state index contributed by atoms with van der Waals surface area (Å²) in [6, 6.07) is 0. The van der Waals surface area contributed by atoms with E-state index in [4.69, 9.17) is 23.8 Å². The second kappa shape index (κ2) is 33.9. The zero-order valence-electron chi connectivity index (χ0n) is 28.2. The minimum Gasteiger partial charge on any atom is -0.381 e. The Balaban J connectivity index is 3.65. The quantitative estimate of drug-likeness (QED) is 0.0535. The highest BCUT2D eigenvalue weighted by atomic mass is 31.2. The van der Waals surface area contributed by atoms with Crippen LogP contribution in [0.4, 0.5) is 0 Å². The van der Waals surface area contributed by atoms with E-state index in [1.54, 1.807) is 0 Å². The third-order valence-corrected chi connectivity index (χ3v) is 8.71. The van der Waals surface area contributed by atoms with Crippen molar-refractivity contribution in [2.75, 3.05) is 33.0 Å². The molecule has 0 aromatic heterocycles. The molecule has 0 aromatic carbocycles. The number of phosphoric ester groups is 1. The average Bonchev–Trinajstić information content (AvgIpc) is 2.96. The normalized spacial score (nSPS) is 12.8. The molecule has 0 rings (SSSR count). The summed E-state index contributed by atoms with van der Waals surface area (Å²) in [5.41, 5.74) is 0. The maximum Gasteiger partial charge on any atom is 0.469 e. The van der Waals surface area contributed by atoms with Crippen LogP contribution in [0.5, 0.6) is 0 Å². The fourth-order valence-electron chi connectivity index (χ4n) is 5.47. The molecule has 0 amide bonds. The van der Waals surface area contributed by atoms with E-state index in [1.807, 2.05) is 0 Å². The van der Waals surface area contributed by atoms with Gasteiger partial charge in [0.2, 0.25) is 0 Å². The van der Waals surface area contributed by atoms with Crippen LogP contribution in [-0.2, 0) is 18.6 Å². The van der Waals surface area contributed by atoms with Gasteiger partial charge in [-0.3, -0.25) is 4.52 Å². The Morgan fingerprint density at radius 3 is 0.952 bits per heavy atom. The largest absolute Gasteiger partial charge is 0.469 e. The van der Waals surface area contributed by atoms with E-state index in [-0.39, 0.29) is 12.5 Å². The molecule has 0 aromatic rings. The smallest absolute Gasteiger partial charge is 0.381 e. The van der Waals surface area contributed by atoms with Crippen molar-refractivity contribution in [1.82, 2.24) is 0 Å². The Morgan fingerprint density at radius 1 is 0.429 bits per heavy atom. The van der Waals surface area contributed by atoms with E-state index in [0.29, 0.717) is 26.4 Å². The molecule has 0 radical (unpaired) electrons. The Bertz CT molecular complexity index is 556. The molecule has 0 unspecified atom stereocenters. The van der Waals surface area contributed by atoms with Gasteiger partial charge >= 0.3 is 7.82 Å². The number of hydrogen-bond acceptors (Lipinski definition) is 4. The van der Waals surface area contributed by atoms with Crippen LogP contribution >= 0.6 is 7.82 Å². The summed E-state index contributed by atoms with van der Waals surface area (Å²) in [5, 5.41) is 0. The summed E-state index contributed by atoms with van der Waals surface area (Å²) in [6.45, 7) is 6.70. The summed E-state index contributed by atoms with van der Waals surface area (Å²) in [5.74, 6) is -0.161. The van der Waals surface area contributed by atoms with Crippen molar-refractivity contribution in [2.45, 2.75) is 187 Å². The van der Waals surface area contributed by atoms with Gasteiger partial charge in [-0.05, 0) is 12.8 Å². The monoisotopic (exact) mass is 621 g/mol. The molecule has 1 atom stereocenters. The van der Waals surface area contributed by atoms with Crippen molar-refractivity contribution in [3.8, 4) is 0 Å². The van der Waals surface area contributed by atoms with Gasteiger partial charge in [-0.15, -0.1) is 0 Å². The summed E-state index contributed by atoms with van der Waals surface area (Å²) >= 11 is 0. The van der Waals surface area contributed by atoms with Crippen LogP contribution in [-0.4, -0.2) is 42.8 Å². The number of ether oxygens (including phenoxy) is 2. The van der Waals surface area contributed by atoms with Gasteiger partial charge in [0.25, 0.3) is 0 Å². The van der Waals surface area contributed by atoms with Crippen LogP contribution in [0.1, 0.15) is 187 Å². The van der Waals surface area contributed by atoms with Gasteiger partial charge in [0.05, 0.1) is 19.8 Å². The second-order valence-electron chi connectivity index (χ2n) is 12.6. The summed E-state index contributed by atoms with van der Waals surface area (Å²) in [4.78, 5) is 18.2. The molecule has 0 aliphatic carbocycles. The lowest BCUT2D eigenvalue weighted by Gasteiger charge is -2.18. The third-order valence-electron chi connectivity index (χ3n) is 8.22. The van der Waals surface area contributed by atoms with Gasteiger partial charge in [-0.2, -0.15) is 0 Å². The predicted molar refractivity (Wildman–Crippen MR) is 179 cm³/mol. The fraction of sp³-hybridized carbons (Fsp3) is 1.00. The van der Waals surface area contributed by atoms with Crippen molar-refractivity contribution in [2.24, 2.45) is 5.92 Å². The standard InChI is InChI=1S/C35H73O6P/c1-3-5-7-9-11-13-15-17-19-21-23-25-27-29-31-40-33-35(34-41-42(36,37)38)32-39-30-28-26-24-22-20-18-16-14-12-10-8-6-4-2/h35H,3-34H2,1-2H3,(H2,36,37,38)/t35-/m1/s1. The predicted octanol–water partition coefficient (Wildman–Crippen LogP) is 11.3. The van der Waals surface area contributed by atoms with E-state index in [1.165, 1.54) is 161 Å². The van der Waals surface area contributed by atoms with Gasteiger partial charge in [-0.1, -0.05) is 174 Å². The number of hydrogen-bond donors (Lipinski definition) is 2. The van der Waals surface area contributed by atoms with Crippen LogP contribution in [0.25, 0.3) is 0 Å². The minimum absolute atomic E-state index is 0.0401. The zero-order chi connectivity index (χ0) is 30.8. The second-order valence-corrected chi connectivity index (χ2v) is 13.9. The molecular formula is C35H73O6P. The van der Waals surface area contributed by atoms with Gasteiger partial charge in [-0.25, -0.2) is 4.57 Å². The molecule has 42 heavy (non-hydrogen) atoms. The molecule has 0 saturated heterocycles. The van der Waals surface area contributed by atoms with Gasteiger partial charge in [0.1, 0.15) is 0 Å². The van der Waals surface area contributed by atoms with Crippen molar-refractivity contribution in [3.05, 3.63) is 0 Å². The first kappa shape index (κ1) is 42.0. The molecule has 0 aliphatic rings. The van der Waals surface area contributed by atoms with Crippen LogP contribution in [0.2, 0.25) is 0 Å². The Kier molecular flexibility index (Phi) is 33.9. The van der Waals surface area contributed by atoms with Crippen molar-refractivity contribution in [3.63, 3.8) is 0 Å². The van der Waals surface area contributed by atoms with Gasteiger partial charge in [0, 0.05) is 19.1 Å². The highest BCUT2D eigenvalue weighted by Crippen LogP contribution is 2.36. The molecule has 0 spiro atoms. The summed E-state index contributed by atoms with van der Waals surface area (Å²) < 4.78 is 27.6. The first-order chi connectivity index (χ1) is 20.5. The maximum absolute atomic E-state index is 11.2. The molecule has 0 saturated carbocycles. The van der Waals surface area contributed by atoms with Crippen LogP contribution < -0.4 is 0 Å². The maximum atomic E-state index is 11.2. The Labute approximate surface area is 262 Å². The lowest BCUT2D eigenvalue weighted by molar-refractivity contribution is 0.0137. The van der Waals surface area contributed by atoms with Crippen LogP contribution in [0, 0.1) is 5.92 Å². The molecule has 6 nitrogen and oxygen atoms in total. The third kappa shape index (κ3) is 36.2. The van der Waals surface area contributed by atoms with Crippen LogP contribution in [0.15, 0.2) is 0 Å². The topological polar surface area (TPSA) is 85.2 Å². The molecule has 0 fully saturated rings. The highest BCUT2D eigenvalue weighted by Gasteiger charge is 2.19. The Morgan fingerprint density at radius 2 is 0.690 bits per heavy atom. The molecule has 0 heterocycles. The van der Waals surface area contributed by atoms with E-state index in [9.17, 15) is 4.57 Å². The lowest BCUT2D eigenvalue weighted by atomic mass is 10.0.